The minimum atomic E-state index is -4.28. The lowest BCUT2D eigenvalue weighted by atomic mass is 10.2. The Morgan fingerprint density at radius 1 is 1.21 bits per heavy atom. The van der Waals surface area contributed by atoms with Gasteiger partial charge in [0.2, 0.25) is 0 Å². The second kappa shape index (κ2) is 12.6. The lowest BCUT2D eigenvalue weighted by Gasteiger charge is -2.12. The van der Waals surface area contributed by atoms with Crippen molar-refractivity contribution in [2.24, 2.45) is 4.99 Å². The van der Waals surface area contributed by atoms with Gasteiger partial charge in [-0.15, -0.1) is 24.0 Å². The number of nitrogens with one attached hydrogen (secondary N) is 2. The average molecular weight is 480 g/mol. The maximum Gasteiger partial charge on any atom is 0.411 e. The standard InChI is InChI=1S/C15H21ClF3N3O.HI/c1-2-20-14(21-8-3-9-23-11-15(17,18)19)22-10-12-4-6-13(16)7-5-12;/h4-7H,2-3,8-11H2,1H3,(H2,20,21,22);1H. The number of ether oxygens (including phenoxy) is 1. The Morgan fingerprint density at radius 3 is 2.46 bits per heavy atom. The molecule has 1 aromatic carbocycles. The summed E-state index contributed by atoms with van der Waals surface area (Å²) in [6.45, 7) is 2.42. The summed E-state index contributed by atoms with van der Waals surface area (Å²) in [5.41, 5.74) is 1.01. The van der Waals surface area contributed by atoms with Gasteiger partial charge >= 0.3 is 6.18 Å². The summed E-state index contributed by atoms with van der Waals surface area (Å²) in [4.78, 5) is 4.40. The van der Waals surface area contributed by atoms with Crippen molar-refractivity contribution in [3.05, 3.63) is 34.9 Å². The number of hydrogen-bond donors (Lipinski definition) is 2. The molecule has 4 nitrogen and oxygen atoms in total. The van der Waals surface area contributed by atoms with Crippen molar-refractivity contribution >= 4 is 41.5 Å². The molecule has 2 N–H and O–H groups in total. The van der Waals surface area contributed by atoms with E-state index >= 15 is 0 Å². The first-order valence-corrected chi connectivity index (χ1v) is 7.69. The van der Waals surface area contributed by atoms with Gasteiger partial charge in [0.1, 0.15) is 6.61 Å². The van der Waals surface area contributed by atoms with Crippen LogP contribution in [-0.2, 0) is 11.3 Å². The molecule has 1 aromatic rings. The third-order valence-electron chi connectivity index (χ3n) is 2.70. The van der Waals surface area contributed by atoms with Crippen LogP contribution < -0.4 is 10.6 Å². The minimum absolute atomic E-state index is 0. The summed E-state index contributed by atoms with van der Waals surface area (Å²) in [7, 11) is 0. The Labute approximate surface area is 162 Å². The van der Waals surface area contributed by atoms with Crippen LogP contribution in [0.3, 0.4) is 0 Å². The zero-order valence-electron chi connectivity index (χ0n) is 13.3. The molecule has 0 unspecified atom stereocenters. The molecule has 0 spiro atoms. The van der Waals surface area contributed by atoms with Gasteiger partial charge in [0, 0.05) is 24.7 Å². The van der Waals surface area contributed by atoms with Gasteiger partial charge in [-0.2, -0.15) is 13.2 Å². The third kappa shape index (κ3) is 11.7. The molecule has 0 aliphatic rings. The number of benzene rings is 1. The molecule has 1 rings (SSSR count). The van der Waals surface area contributed by atoms with Gasteiger partial charge in [0.25, 0.3) is 0 Å². The molecule has 0 heterocycles. The Morgan fingerprint density at radius 2 is 1.88 bits per heavy atom. The normalized spacial score (nSPS) is 11.8. The highest BCUT2D eigenvalue weighted by molar-refractivity contribution is 14.0. The SMILES string of the molecule is CCNC(=NCc1ccc(Cl)cc1)NCCCOCC(F)(F)F.I. The molecule has 0 radical (unpaired) electrons. The highest BCUT2D eigenvalue weighted by Gasteiger charge is 2.27. The number of guanidine groups is 1. The fourth-order valence-electron chi connectivity index (χ4n) is 1.67. The summed E-state index contributed by atoms with van der Waals surface area (Å²) in [5.74, 6) is 0.610. The first kappa shape index (κ1) is 23.3. The molecule has 24 heavy (non-hydrogen) atoms. The van der Waals surface area contributed by atoms with Crippen molar-refractivity contribution in [2.45, 2.75) is 26.1 Å². The van der Waals surface area contributed by atoms with Gasteiger partial charge in [-0.3, -0.25) is 0 Å². The van der Waals surface area contributed by atoms with Gasteiger partial charge in [-0.05, 0) is 31.0 Å². The first-order chi connectivity index (χ1) is 10.9. The zero-order chi connectivity index (χ0) is 17.1. The summed E-state index contributed by atoms with van der Waals surface area (Å²) in [6, 6.07) is 7.37. The summed E-state index contributed by atoms with van der Waals surface area (Å²) < 4.78 is 40.2. The number of halogens is 5. The zero-order valence-corrected chi connectivity index (χ0v) is 16.4. The van der Waals surface area contributed by atoms with Gasteiger partial charge < -0.3 is 15.4 Å². The van der Waals surface area contributed by atoms with Crippen LogP contribution in [0.25, 0.3) is 0 Å². The number of alkyl halides is 3. The number of aliphatic imine (C=N–C) groups is 1. The summed E-state index contributed by atoms with van der Waals surface area (Å²) >= 11 is 5.82. The maximum absolute atomic E-state index is 11.9. The smallest absolute Gasteiger partial charge is 0.372 e. The predicted molar refractivity (Wildman–Crippen MR) is 101 cm³/mol. The van der Waals surface area contributed by atoms with Crippen LogP contribution in [0, 0.1) is 0 Å². The predicted octanol–water partition coefficient (Wildman–Crippen LogP) is 3.98. The van der Waals surface area contributed by atoms with Crippen molar-refractivity contribution in [3.8, 4) is 0 Å². The molecule has 0 aromatic heterocycles. The van der Waals surface area contributed by atoms with Crippen molar-refractivity contribution in [3.63, 3.8) is 0 Å². The molecule has 0 atom stereocenters. The number of hydrogen-bond acceptors (Lipinski definition) is 2. The Kier molecular flexibility index (Phi) is 12.2. The lowest BCUT2D eigenvalue weighted by Crippen LogP contribution is -2.38. The van der Waals surface area contributed by atoms with Gasteiger partial charge in [0.05, 0.1) is 6.54 Å². The third-order valence-corrected chi connectivity index (χ3v) is 2.95. The van der Waals surface area contributed by atoms with E-state index in [9.17, 15) is 13.2 Å². The van der Waals surface area contributed by atoms with Gasteiger partial charge in [-0.1, -0.05) is 23.7 Å². The first-order valence-electron chi connectivity index (χ1n) is 7.32. The van der Waals surface area contributed by atoms with Crippen molar-refractivity contribution in [1.29, 1.82) is 0 Å². The second-order valence-corrected chi connectivity index (χ2v) is 5.21. The molecule has 0 aliphatic heterocycles. The quantitative estimate of drug-likeness (QED) is 0.257. The van der Waals surface area contributed by atoms with Crippen LogP contribution in [0.15, 0.2) is 29.3 Å². The Bertz CT molecular complexity index is 484. The van der Waals surface area contributed by atoms with Gasteiger partial charge in [0.15, 0.2) is 5.96 Å². The monoisotopic (exact) mass is 479 g/mol. The minimum Gasteiger partial charge on any atom is -0.372 e. The van der Waals surface area contributed by atoms with E-state index in [1.54, 1.807) is 12.1 Å². The maximum atomic E-state index is 11.9. The van der Waals surface area contributed by atoms with E-state index < -0.39 is 12.8 Å². The van der Waals surface area contributed by atoms with E-state index in [2.05, 4.69) is 20.4 Å². The second-order valence-electron chi connectivity index (χ2n) is 4.77. The fraction of sp³-hybridized carbons (Fsp3) is 0.533. The van der Waals surface area contributed by atoms with E-state index in [0.717, 1.165) is 5.56 Å². The van der Waals surface area contributed by atoms with Crippen LogP contribution in [0.4, 0.5) is 13.2 Å². The molecule has 0 amide bonds. The van der Waals surface area contributed by atoms with E-state index in [0.29, 0.717) is 37.0 Å². The van der Waals surface area contributed by atoms with Gasteiger partial charge in [-0.25, -0.2) is 4.99 Å². The largest absolute Gasteiger partial charge is 0.411 e. The molecule has 0 saturated heterocycles. The molecular weight excluding hydrogens is 458 g/mol. The van der Waals surface area contributed by atoms with E-state index in [1.807, 2.05) is 19.1 Å². The molecule has 0 saturated carbocycles. The van der Waals surface area contributed by atoms with Crippen molar-refractivity contribution in [1.82, 2.24) is 10.6 Å². The molecule has 9 heteroatoms. The lowest BCUT2D eigenvalue weighted by molar-refractivity contribution is -0.173. The summed E-state index contributed by atoms with van der Waals surface area (Å²) in [5, 5.41) is 6.79. The summed E-state index contributed by atoms with van der Waals surface area (Å²) in [6.07, 6.45) is -3.82. The topological polar surface area (TPSA) is 45.7 Å². The molecule has 138 valence electrons. The highest BCUT2D eigenvalue weighted by atomic mass is 127. The van der Waals surface area contributed by atoms with Crippen LogP contribution in [0.2, 0.25) is 5.02 Å². The van der Waals surface area contributed by atoms with Crippen LogP contribution in [-0.4, -0.2) is 38.4 Å². The van der Waals surface area contributed by atoms with E-state index in [-0.39, 0.29) is 30.6 Å². The fourth-order valence-corrected chi connectivity index (χ4v) is 1.80. The van der Waals surface area contributed by atoms with Crippen molar-refractivity contribution < 1.29 is 17.9 Å². The number of rotatable bonds is 8. The molecule has 0 bridgehead atoms. The molecule has 0 aliphatic carbocycles. The van der Waals surface area contributed by atoms with Crippen molar-refractivity contribution in [2.75, 3.05) is 26.3 Å². The number of nitrogens with zero attached hydrogens (tertiary/aromatic N) is 1. The van der Waals surface area contributed by atoms with E-state index in [1.165, 1.54) is 0 Å². The highest BCUT2D eigenvalue weighted by Crippen LogP contribution is 2.14. The Balaban J connectivity index is 0.00000529. The van der Waals surface area contributed by atoms with Crippen LogP contribution in [0.5, 0.6) is 0 Å². The molecular formula is C15H22ClF3IN3O. The Hall–Kier alpha value is -0.740. The van der Waals surface area contributed by atoms with Crippen LogP contribution in [0.1, 0.15) is 18.9 Å². The molecule has 0 fully saturated rings. The average Bonchev–Trinajstić information content (AvgIpc) is 2.48. The van der Waals surface area contributed by atoms with Crippen LogP contribution >= 0.6 is 35.6 Å². The van der Waals surface area contributed by atoms with E-state index in [4.69, 9.17) is 11.6 Å².